The summed E-state index contributed by atoms with van der Waals surface area (Å²) < 4.78 is 5.55. The molecule has 3 fully saturated rings. The second kappa shape index (κ2) is 4.71. The Hall–Kier alpha value is -2.57. The molecule has 3 N–H and O–H groups in total. The lowest BCUT2D eigenvalue weighted by Gasteiger charge is -2.38. The first kappa shape index (κ1) is 14.0. The highest BCUT2D eigenvalue weighted by atomic mass is 16.3. The van der Waals surface area contributed by atoms with E-state index in [-0.39, 0.29) is 6.03 Å². The molecule has 120 valence electrons. The van der Waals surface area contributed by atoms with Gasteiger partial charge in [-0.1, -0.05) is 6.92 Å². The number of nitrogens with one attached hydrogen (secondary N) is 1. The highest BCUT2D eigenvalue weighted by Gasteiger charge is 2.61. The normalized spacial score (nSPS) is 25.4. The number of hydrogen-bond acceptors (Lipinski definition) is 4. The third-order valence-corrected chi connectivity index (χ3v) is 4.90. The number of carbonyl (C=O) groups excluding carboxylic acids is 2. The molecule has 7 heteroatoms. The Labute approximate surface area is 132 Å². The zero-order valence-corrected chi connectivity index (χ0v) is 12.8. The molecule has 1 aliphatic carbocycles. The van der Waals surface area contributed by atoms with Gasteiger partial charge < -0.3 is 20.4 Å². The van der Waals surface area contributed by atoms with E-state index in [1.807, 2.05) is 6.92 Å². The molecule has 0 atom stereocenters. The summed E-state index contributed by atoms with van der Waals surface area (Å²) in [6.07, 6.45) is 2.07. The van der Waals surface area contributed by atoms with E-state index < -0.39 is 11.4 Å². The molecule has 2 bridgehead atoms. The maximum Gasteiger partial charge on any atom is 0.322 e. The van der Waals surface area contributed by atoms with Crippen LogP contribution in [-0.4, -0.2) is 33.9 Å². The van der Waals surface area contributed by atoms with Crippen LogP contribution in [0.2, 0.25) is 0 Å². The molecule has 1 saturated carbocycles. The van der Waals surface area contributed by atoms with Crippen molar-refractivity contribution in [2.24, 2.45) is 11.7 Å². The zero-order valence-electron chi connectivity index (χ0n) is 12.8. The summed E-state index contributed by atoms with van der Waals surface area (Å²) in [7, 11) is 0. The van der Waals surface area contributed by atoms with Gasteiger partial charge in [0.05, 0.1) is 0 Å². The summed E-state index contributed by atoms with van der Waals surface area (Å²) in [5.41, 5.74) is 6.73. The number of nitrogens with two attached hydrogens (primary N) is 1. The van der Waals surface area contributed by atoms with Crippen LogP contribution in [0.15, 0.2) is 22.6 Å². The first-order valence-corrected chi connectivity index (χ1v) is 7.80. The first-order valence-electron chi connectivity index (χ1n) is 7.80. The number of primary amides is 1. The van der Waals surface area contributed by atoms with Gasteiger partial charge in [-0.15, -0.1) is 0 Å². The van der Waals surface area contributed by atoms with Crippen LogP contribution in [0, 0.1) is 5.92 Å². The Morgan fingerprint density at radius 3 is 2.96 bits per heavy atom. The molecule has 3 aliphatic rings. The Morgan fingerprint density at radius 2 is 2.26 bits per heavy atom. The molecule has 3 amide bonds. The van der Waals surface area contributed by atoms with E-state index in [0.717, 1.165) is 0 Å². The molecule has 2 saturated heterocycles. The smallest absolute Gasteiger partial charge is 0.322 e. The van der Waals surface area contributed by atoms with Gasteiger partial charge in [0, 0.05) is 18.7 Å². The van der Waals surface area contributed by atoms with Crippen LogP contribution < -0.4 is 11.1 Å². The zero-order chi connectivity index (χ0) is 16.2. The quantitative estimate of drug-likeness (QED) is 0.903. The summed E-state index contributed by atoms with van der Waals surface area (Å²) in [5.74, 6) is 0.635. The summed E-state index contributed by atoms with van der Waals surface area (Å²) in [4.78, 5) is 30.2. The highest BCUT2D eigenvalue weighted by Crippen LogP contribution is 2.50. The third-order valence-electron chi connectivity index (χ3n) is 4.90. The van der Waals surface area contributed by atoms with Gasteiger partial charge in [-0.2, -0.15) is 0 Å². The fraction of sp³-hybridized carbons (Fsp3) is 0.438. The summed E-state index contributed by atoms with van der Waals surface area (Å²) in [6.45, 7) is 2.55. The van der Waals surface area contributed by atoms with Crippen LogP contribution >= 0.6 is 0 Å². The van der Waals surface area contributed by atoms with Crippen molar-refractivity contribution >= 4 is 28.7 Å². The number of fused-ring (bicyclic) bond motifs is 2. The predicted molar refractivity (Wildman–Crippen MR) is 83.8 cm³/mol. The fourth-order valence-electron chi connectivity index (χ4n) is 3.68. The van der Waals surface area contributed by atoms with Crippen molar-refractivity contribution in [1.29, 1.82) is 0 Å². The van der Waals surface area contributed by atoms with Gasteiger partial charge in [0.25, 0.3) is 0 Å². The average molecular weight is 314 g/mol. The van der Waals surface area contributed by atoms with E-state index in [1.165, 1.54) is 0 Å². The second-order valence-electron chi connectivity index (χ2n) is 6.35. The number of rotatable bonds is 3. The van der Waals surface area contributed by atoms with Crippen molar-refractivity contribution in [3.05, 3.63) is 24.1 Å². The van der Waals surface area contributed by atoms with E-state index >= 15 is 0 Å². The molecule has 1 aromatic heterocycles. The molecule has 0 radical (unpaired) electrons. The van der Waals surface area contributed by atoms with E-state index in [4.69, 9.17) is 10.2 Å². The Bertz CT molecular complexity index is 807. The number of aromatic nitrogens is 1. The minimum Gasteiger partial charge on any atom is -0.441 e. The lowest BCUT2D eigenvalue weighted by molar-refractivity contribution is -0.129. The number of aryl methyl sites for hydroxylation is 1. The molecule has 1 aromatic carbocycles. The van der Waals surface area contributed by atoms with Crippen molar-refractivity contribution in [1.82, 2.24) is 9.88 Å². The molecular weight excluding hydrogens is 296 g/mol. The topological polar surface area (TPSA) is 101 Å². The number of anilines is 1. The Morgan fingerprint density at radius 1 is 1.48 bits per heavy atom. The molecule has 23 heavy (non-hydrogen) atoms. The van der Waals surface area contributed by atoms with Gasteiger partial charge in [-0.25, -0.2) is 9.78 Å². The minimum absolute atomic E-state index is 0.289. The van der Waals surface area contributed by atoms with Gasteiger partial charge in [0.1, 0.15) is 11.1 Å². The Balaban J connectivity index is 1.56. The number of hydrogen-bond donors (Lipinski definition) is 2. The average Bonchev–Trinajstić information content (AvgIpc) is 3.16. The number of nitrogens with zero attached hydrogens (tertiary/aromatic N) is 2. The van der Waals surface area contributed by atoms with Crippen molar-refractivity contribution in [3.8, 4) is 0 Å². The van der Waals surface area contributed by atoms with Gasteiger partial charge >= 0.3 is 6.03 Å². The molecule has 5 rings (SSSR count). The molecule has 7 nitrogen and oxygen atoms in total. The van der Waals surface area contributed by atoms with E-state index in [1.54, 1.807) is 23.1 Å². The molecule has 0 unspecified atom stereocenters. The van der Waals surface area contributed by atoms with E-state index in [2.05, 4.69) is 10.3 Å². The maximum absolute atomic E-state index is 12.5. The summed E-state index contributed by atoms with van der Waals surface area (Å²) in [5, 5.41) is 2.84. The summed E-state index contributed by atoms with van der Waals surface area (Å²) in [6, 6.07) is 5.03. The van der Waals surface area contributed by atoms with Gasteiger partial charge in [-0.3, -0.25) is 4.79 Å². The SMILES string of the molecule is CCc1nc2cc(NC(=O)N3CC4CC3(C(N)=O)C4)ccc2o1. The van der Waals surface area contributed by atoms with Crippen LogP contribution in [-0.2, 0) is 11.2 Å². The van der Waals surface area contributed by atoms with Crippen LogP contribution in [0.3, 0.4) is 0 Å². The van der Waals surface area contributed by atoms with Crippen molar-refractivity contribution in [2.75, 3.05) is 11.9 Å². The molecule has 0 spiro atoms. The number of carbonyl (C=O) groups is 2. The third kappa shape index (κ3) is 1.99. The predicted octanol–water partition coefficient (Wildman–Crippen LogP) is 1.87. The van der Waals surface area contributed by atoms with Crippen LogP contribution in [0.25, 0.3) is 11.1 Å². The van der Waals surface area contributed by atoms with Crippen LogP contribution in [0.5, 0.6) is 0 Å². The largest absolute Gasteiger partial charge is 0.441 e. The fourth-order valence-corrected chi connectivity index (χ4v) is 3.68. The molecule has 2 aromatic rings. The number of amides is 3. The Kier molecular flexibility index (Phi) is 2.88. The monoisotopic (exact) mass is 314 g/mol. The van der Waals surface area contributed by atoms with Crippen LogP contribution in [0.1, 0.15) is 25.7 Å². The molecule has 3 heterocycles. The van der Waals surface area contributed by atoms with Gasteiger partial charge in [-0.05, 0) is 37.0 Å². The molecular formula is C16H18N4O3. The lowest BCUT2D eigenvalue weighted by Crippen LogP contribution is -2.58. The minimum atomic E-state index is -0.790. The maximum atomic E-state index is 12.5. The standard InChI is InChI=1S/C16H18N4O3/c1-2-13-19-11-5-10(3-4-12(11)23-13)18-15(22)20-8-9-6-16(20,7-9)14(17)21/h3-5,9H,2,6-8H2,1H3,(H2,17,21)(H,18,22). The number of urea groups is 1. The van der Waals surface area contributed by atoms with E-state index in [0.29, 0.717) is 54.4 Å². The van der Waals surface area contributed by atoms with E-state index in [9.17, 15) is 9.59 Å². The van der Waals surface area contributed by atoms with Crippen LogP contribution in [0.4, 0.5) is 10.5 Å². The molecule has 2 aliphatic heterocycles. The van der Waals surface area contributed by atoms with Crippen molar-refractivity contribution in [3.63, 3.8) is 0 Å². The summed E-state index contributed by atoms with van der Waals surface area (Å²) >= 11 is 0. The second-order valence-corrected chi connectivity index (χ2v) is 6.35. The number of oxazole rings is 1. The number of benzene rings is 1. The lowest BCUT2D eigenvalue weighted by atomic mass is 9.73. The van der Waals surface area contributed by atoms with Gasteiger partial charge in [0.2, 0.25) is 5.91 Å². The highest BCUT2D eigenvalue weighted by molar-refractivity contribution is 5.98. The van der Waals surface area contributed by atoms with Crippen molar-refractivity contribution in [2.45, 2.75) is 31.7 Å². The van der Waals surface area contributed by atoms with Gasteiger partial charge in [0.15, 0.2) is 11.5 Å². The first-order chi connectivity index (χ1) is 11.0. The van der Waals surface area contributed by atoms with Crippen molar-refractivity contribution < 1.29 is 14.0 Å².